The van der Waals surface area contributed by atoms with Gasteiger partial charge in [-0.05, 0) is 44.0 Å². The third-order valence-electron chi connectivity index (χ3n) is 4.14. The minimum atomic E-state index is 0.786. The molecular weight excluding hydrogens is 220 g/mol. The lowest BCUT2D eigenvalue weighted by Gasteiger charge is -2.44. The third-order valence-corrected chi connectivity index (χ3v) is 4.14. The molecule has 1 aromatic carbocycles. The predicted octanol–water partition coefficient (Wildman–Crippen LogP) is 2.90. The fourth-order valence-electron chi connectivity index (χ4n) is 2.88. The average molecular weight is 246 g/mol. The molecule has 2 atom stereocenters. The second-order valence-electron chi connectivity index (χ2n) is 5.26. The maximum absolute atomic E-state index is 3.50. The first-order valence-electron chi connectivity index (χ1n) is 7.33. The van der Waals surface area contributed by atoms with Crippen LogP contribution in [0, 0.1) is 5.92 Å². The van der Waals surface area contributed by atoms with E-state index in [4.69, 9.17) is 0 Å². The van der Waals surface area contributed by atoms with Gasteiger partial charge in [0.25, 0.3) is 0 Å². The molecule has 2 heteroatoms. The van der Waals surface area contributed by atoms with Gasteiger partial charge in [-0.15, -0.1) is 0 Å². The molecule has 2 rings (SSSR count). The zero-order valence-electron chi connectivity index (χ0n) is 11.7. The molecule has 1 saturated carbocycles. The van der Waals surface area contributed by atoms with E-state index >= 15 is 0 Å². The molecule has 0 radical (unpaired) electrons. The van der Waals surface area contributed by atoms with Crippen LogP contribution >= 0.6 is 0 Å². The van der Waals surface area contributed by atoms with E-state index in [1.54, 1.807) is 0 Å². The molecule has 1 aliphatic carbocycles. The normalized spacial score (nSPS) is 23.1. The van der Waals surface area contributed by atoms with E-state index in [9.17, 15) is 0 Å². The molecule has 1 aliphatic rings. The van der Waals surface area contributed by atoms with E-state index in [2.05, 4.69) is 54.4 Å². The molecule has 2 nitrogen and oxygen atoms in total. The lowest BCUT2D eigenvalue weighted by Crippen LogP contribution is -2.50. The van der Waals surface area contributed by atoms with Gasteiger partial charge in [-0.25, -0.2) is 0 Å². The quantitative estimate of drug-likeness (QED) is 0.796. The molecule has 18 heavy (non-hydrogen) atoms. The molecule has 1 fully saturated rings. The van der Waals surface area contributed by atoms with E-state index in [0.717, 1.165) is 31.6 Å². The van der Waals surface area contributed by atoms with Crippen molar-refractivity contribution in [3.05, 3.63) is 35.9 Å². The van der Waals surface area contributed by atoms with Gasteiger partial charge in [-0.3, -0.25) is 4.90 Å². The molecule has 0 amide bonds. The van der Waals surface area contributed by atoms with Crippen LogP contribution in [0.1, 0.15) is 32.3 Å². The van der Waals surface area contributed by atoms with Crippen molar-refractivity contribution < 1.29 is 0 Å². The Hall–Kier alpha value is -0.860. The Morgan fingerprint density at radius 3 is 2.50 bits per heavy atom. The summed E-state index contributed by atoms with van der Waals surface area (Å²) in [6.45, 7) is 9.01. The van der Waals surface area contributed by atoms with Crippen molar-refractivity contribution in [3.8, 4) is 0 Å². The van der Waals surface area contributed by atoms with Crippen LogP contribution in [0.4, 0.5) is 0 Å². The van der Waals surface area contributed by atoms with Crippen LogP contribution in [-0.4, -0.2) is 30.6 Å². The van der Waals surface area contributed by atoms with E-state index in [0.29, 0.717) is 0 Å². The lowest BCUT2D eigenvalue weighted by atomic mass is 9.78. The van der Waals surface area contributed by atoms with Crippen LogP contribution in [-0.2, 0) is 6.54 Å². The fraction of sp³-hybridized carbons (Fsp3) is 0.625. The van der Waals surface area contributed by atoms with E-state index in [1.165, 1.54) is 24.9 Å². The second kappa shape index (κ2) is 6.91. The number of benzene rings is 1. The first kappa shape index (κ1) is 13.6. The van der Waals surface area contributed by atoms with E-state index < -0.39 is 0 Å². The van der Waals surface area contributed by atoms with Crippen LogP contribution in [0.15, 0.2) is 30.3 Å². The van der Waals surface area contributed by atoms with Crippen molar-refractivity contribution in [2.75, 3.05) is 19.6 Å². The molecule has 0 aromatic heterocycles. The Kier molecular flexibility index (Phi) is 5.21. The summed E-state index contributed by atoms with van der Waals surface area (Å²) in [6.07, 6.45) is 2.76. The lowest BCUT2D eigenvalue weighted by molar-refractivity contribution is 0.0601. The molecule has 0 aliphatic heterocycles. The minimum Gasteiger partial charge on any atom is -0.317 e. The number of hydrogen-bond acceptors (Lipinski definition) is 2. The summed E-state index contributed by atoms with van der Waals surface area (Å²) < 4.78 is 0. The monoisotopic (exact) mass is 246 g/mol. The van der Waals surface area contributed by atoms with Crippen molar-refractivity contribution in [3.63, 3.8) is 0 Å². The summed E-state index contributed by atoms with van der Waals surface area (Å²) in [6, 6.07) is 11.6. The Morgan fingerprint density at radius 1 is 1.17 bits per heavy atom. The van der Waals surface area contributed by atoms with Gasteiger partial charge in [0.1, 0.15) is 0 Å². The van der Waals surface area contributed by atoms with Gasteiger partial charge >= 0.3 is 0 Å². The van der Waals surface area contributed by atoms with Crippen LogP contribution in [0.25, 0.3) is 0 Å². The fourth-order valence-corrected chi connectivity index (χ4v) is 2.88. The number of hydrogen-bond donors (Lipinski definition) is 1. The molecule has 0 spiro atoms. The first-order valence-corrected chi connectivity index (χ1v) is 7.33. The predicted molar refractivity (Wildman–Crippen MR) is 77.6 cm³/mol. The Bertz CT molecular complexity index is 336. The van der Waals surface area contributed by atoms with Gasteiger partial charge in [0.15, 0.2) is 0 Å². The highest BCUT2D eigenvalue weighted by Crippen LogP contribution is 2.32. The molecular formula is C16H26N2. The number of nitrogens with zero attached hydrogens (tertiary/aromatic N) is 1. The van der Waals surface area contributed by atoms with Crippen LogP contribution in [0.2, 0.25) is 0 Å². The van der Waals surface area contributed by atoms with Gasteiger partial charge in [0.05, 0.1) is 0 Å². The van der Waals surface area contributed by atoms with Crippen molar-refractivity contribution in [2.45, 2.75) is 39.3 Å². The standard InChI is InChI=1S/C16H26N2/c1-3-17-12-15-10-11-16(15)18(4-2)13-14-8-6-5-7-9-14/h5-9,15-17H,3-4,10-13H2,1-2H3. The summed E-state index contributed by atoms with van der Waals surface area (Å²) in [4.78, 5) is 2.64. The molecule has 1 N–H and O–H groups in total. The van der Waals surface area contributed by atoms with Crippen LogP contribution in [0.5, 0.6) is 0 Å². The highest BCUT2D eigenvalue weighted by Gasteiger charge is 2.34. The molecule has 2 unspecified atom stereocenters. The zero-order chi connectivity index (χ0) is 12.8. The highest BCUT2D eigenvalue weighted by atomic mass is 15.2. The van der Waals surface area contributed by atoms with Gasteiger partial charge in [-0.2, -0.15) is 0 Å². The van der Waals surface area contributed by atoms with Crippen LogP contribution in [0.3, 0.4) is 0 Å². The maximum atomic E-state index is 3.50. The highest BCUT2D eigenvalue weighted by molar-refractivity contribution is 5.14. The molecule has 1 aromatic rings. The largest absolute Gasteiger partial charge is 0.317 e. The molecule has 0 bridgehead atoms. The first-order chi connectivity index (χ1) is 8.85. The van der Waals surface area contributed by atoms with E-state index in [1.807, 2.05) is 0 Å². The summed E-state index contributed by atoms with van der Waals surface area (Å²) in [5.74, 6) is 0.855. The van der Waals surface area contributed by atoms with Gasteiger partial charge in [0, 0.05) is 12.6 Å². The van der Waals surface area contributed by atoms with E-state index in [-0.39, 0.29) is 0 Å². The smallest absolute Gasteiger partial charge is 0.0236 e. The molecule has 0 saturated heterocycles. The Balaban J connectivity index is 1.89. The summed E-state index contributed by atoms with van der Waals surface area (Å²) >= 11 is 0. The number of rotatable bonds is 7. The van der Waals surface area contributed by atoms with Gasteiger partial charge < -0.3 is 5.32 Å². The van der Waals surface area contributed by atoms with Crippen molar-refractivity contribution in [1.82, 2.24) is 10.2 Å². The maximum Gasteiger partial charge on any atom is 0.0236 e. The SMILES string of the molecule is CCNCC1CCC1N(CC)Cc1ccccc1. The van der Waals surface area contributed by atoms with Crippen molar-refractivity contribution >= 4 is 0 Å². The Labute approximate surface area is 111 Å². The van der Waals surface area contributed by atoms with Crippen molar-refractivity contribution in [2.24, 2.45) is 5.92 Å². The molecule has 100 valence electrons. The second-order valence-corrected chi connectivity index (χ2v) is 5.26. The minimum absolute atomic E-state index is 0.786. The molecule has 0 heterocycles. The average Bonchev–Trinajstić information content (AvgIpc) is 2.38. The summed E-state index contributed by atoms with van der Waals surface area (Å²) in [7, 11) is 0. The zero-order valence-corrected chi connectivity index (χ0v) is 11.7. The van der Waals surface area contributed by atoms with Gasteiger partial charge in [-0.1, -0.05) is 44.2 Å². The number of nitrogens with one attached hydrogen (secondary N) is 1. The van der Waals surface area contributed by atoms with Crippen LogP contribution < -0.4 is 5.32 Å². The topological polar surface area (TPSA) is 15.3 Å². The Morgan fingerprint density at radius 2 is 1.94 bits per heavy atom. The summed E-state index contributed by atoms with van der Waals surface area (Å²) in [5, 5.41) is 3.50. The third kappa shape index (κ3) is 3.33. The summed E-state index contributed by atoms with van der Waals surface area (Å²) in [5.41, 5.74) is 1.44. The van der Waals surface area contributed by atoms with Gasteiger partial charge in [0.2, 0.25) is 0 Å². The van der Waals surface area contributed by atoms with Crippen molar-refractivity contribution in [1.29, 1.82) is 0 Å².